The predicted molar refractivity (Wildman–Crippen MR) is 117 cm³/mol. The van der Waals surface area contributed by atoms with Crippen LogP contribution in [0.15, 0.2) is 30.3 Å². The van der Waals surface area contributed by atoms with E-state index >= 15 is 0 Å². The van der Waals surface area contributed by atoms with Crippen LogP contribution in [0.4, 0.5) is 13.2 Å². The Hall–Kier alpha value is -2.14. The number of carbonyl (C=O) groups is 2. The predicted octanol–water partition coefficient (Wildman–Crippen LogP) is 3.21. The Bertz CT molecular complexity index is 996. The quantitative estimate of drug-likeness (QED) is 0.543. The highest BCUT2D eigenvalue weighted by Gasteiger charge is 2.38. The zero-order chi connectivity index (χ0) is 22.7. The normalized spacial score (nSPS) is 13.8. The van der Waals surface area contributed by atoms with E-state index in [1.165, 1.54) is 28.0 Å². The summed E-state index contributed by atoms with van der Waals surface area (Å²) in [4.78, 5) is 28.3. The Morgan fingerprint density at radius 2 is 1.87 bits per heavy atom. The van der Waals surface area contributed by atoms with Gasteiger partial charge in [0, 0.05) is 47.3 Å². The molecular formula is C22H22F3IN2O3. The molecule has 1 fully saturated rings. The number of hydrogen-bond acceptors (Lipinski definition) is 3. The fourth-order valence-electron chi connectivity index (χ4n) is 3.60. The Morgan fingerprint density at radius 3 is 2.48 bits per heavy atom. The Morgan fingerprint density at radius 1 is 1.16 bits per heavy atom. The second kappa shape index (κ2) is 9.99. The van der Waals surface area contributed by atoms with Gasteiger partial charge in [-0.3, -0.25) is 9.59 Å². The lowest BCUT2D eigenvalue weighted by molar-refractivity contribution is -0.140. The minimum atomic E-state index is -1.18. The van der Waals surface area contributed by atoms with Gasteiger partial charge < -0.3 is 14.9 Å². The van der Waals surface area contributed by atoms with Gasteiger partial charge in [-0.2, -0.15) is 0 Å². The summed E-state index contributed by atoms with van der Waals surface area (Å²) in [7, 11) is 0. The maximum Gasteiger partial charge on any atom is 0.254 e. The molecule has 166 valence electrons. The smallest absolute Gasteiger partial charge is 0.254 e. The molecule has 0 aliphatic carbocycles. The van der Waals surface area contributed by atoms with E-state index < -0.39 is 29.3 Å². The first-order valence-corrected chi connectivity index (χ1v) is 10.9. The first kappa shape index (κ1) is 23.5. The summed E-state index contributed by atoms with van der Waals surface area (Å²) in [5.74, 6) is -3.96. The van der Waals surface area contributed by atoms with Gasteiger partial charge in [-0.1, -0.05) is 6.07 Å². The maximum absolute atomic E-state index is 14.6. The average molecular weight is 546 g/mol. The highest BCUT2D eigenvalue weighted by Crippen LogP contribution is 2.27. The second-order valence-electron chi connectivity index (χ2n) is 7.35. The lowest BCUT2D eigenvalue weighted by Crippen LogP contribution is -2.56. The molecule has 1 N–H and O–H groups in total. The largest absolute Gasteiger partial charge is 0.395 e. The average Bonchev–Trinajstić information content (AvgIpc) is 2.70. The molecule has 31 heavy (non-hydrogen) atoms. The third-order valence-electron chi connectivity index (χ3n) is 5.39. The molecule has 0 unspecified atom stereocenters. The number of rotatable bonds is 7. The van der Waals surface area contributed by atoms with E-state index in [1.54, 1.807) is 13.0 Å². The fraction of sp³-hybridized carbons (Fsp3) is 0.364. The Kier molecular flexibility index (Phi) is 7.58. The number of amides is 2. The van der Waals surface area contributed by atoms with Crippen molar-refractivity contribution in [2.75, 3.05) is 32.8 Å². The molecular weight excluding hydrogens is 524 g/mol. The fourth-order valence-corrected chi connectivity index (χ4v) is 4.05. The van der Waals surface area contributed by atoms with Crippen LogP contribution in [0.2, 0.25) is 0 Å². The molecule has 2 amide bonds. The number of likely N-dealkylation sites (N-methyl/N-ethyl adjacent to an activating group) is 1. The van der Waals surface area contributed by atoms with Crippen molar-refractivity contribution in [3.05, 3.63) is 68.0 Å². The number of nitrogens with zero attached hydrogens (tertiary/aromatic N) is 2. The van der Waals surface area contributed by atoms with Crippen LogP contribution in [-0.2, 0) is 11.2 Å². The number of aliphatic hydroxyl groups excluding tert-OH is 1. The standard InChI is InChI=1S/C22H22F3IN2O3/c1-2-27(7-8-29)21(30)14-11-28(12-14)22(31)16-5-6-18(23)20(25)17(16)9-13-3-4-15(26)10-19(13)24/h3-6,10,14,29H,2,7-9,11-12H2,1H3. The topological polar surface area (TPSA) is 60.9 Å². The maximum atomic E-state index is 14.6. The monoisotopic (exact) mass is 546 g/mol. The van der Waals surface area contributed by atoms with E-state index in [-0.39, 0.29) is 55.3 Å². The van der Waals surface area contributed by atoms with E-state index in [0.29, 0.717) is 10.1 Å². The molecule has 1 aliphatic heterocycles. The third-order valence-corrected chi connectivity index (χ3v) is 6.06. The van der Waals surface area contributed by atoms with E-state index in [9.17, 15) is 22.8 Å². The first-order valence-electron chi connectivity index (χ1n) is 9.86. The van der Waals surface area contributed by atoms with Gasteiger partial charge >= 0.3 is 0 Å². The second-order valence-corrected chi connectivity index (χ2v) is 8.59. The highest BCUT2D eigenvalue weighted by atomic mass is 127. The lowest BCUT2D eigenvalue weighted by Gasteiger charge is -2.40. The van der Waals surface area contributed by atoms with E-state index in [1.807, 2.05) is 22.6 Å². The molecule has 1 aliphatic rings. The molecule has 2 aromatic carbocycles. The number of likely N-dealkylation sites (tertiary alicyclic amines) is 1. The number of hydrogen-bond donors (Lipinski definition) is 1. The van der Waals surface area contributed by atoms with Gasteiger partial charge in [0.15, 0.2) is 11.6 Å². The number of halogens is 4. The molecule has 5 nitrogen and oxygen atoms in total. The zero-order valence-corrected chi connectivity index (χ0v) is 19.0. The highest BCUT2D eigenvalue weighted by molar-refractivity contribution is 14.1. The van der Waals surface area contributed by atoms with E-state index in [0.717, 1.165) is 6.07 Å². The van der Waals surface area contributed by atoms with Crippen LogP contribution < -0.4 is 0 Å². The summed E-state index contributed by atoms with van der Waals surface area (Å²) in [5.41, 5.74) is -0.112. The molecule has 0 atom stereocenters. The van der Waals surface area contributed by atoms with E-state index in [2.05, 4.69) is 0 Å². The van der Waals surface area contributed by atoms with Crippen molar-refractivity contribution in [3.63, 3.8) is 0 Å². The summed E-state index contributed by atoms with van der Waals surface area (Å²) >= 11 is 1.94. The van der Waals surface area contributed by atoms with Crippen LogP contribution in [0, 0.1) is 26.9 Å². The number of aliphatic hydroxyl groups is 1. The van der Waals surface area contributed by atoms with Crippen molar-refractivity contribution in [3.8, 4) is 0 Å². The van der Waals surface area contributed by atoms with E-state index in [4.69, 9.17) is 5.11 Å². The molecule has 9 heteroatoms. The Balaban J connectivity index is 1.79. The van der Waals surface area contributed by atoms with Crippen molar-refractivity contribution in [2.24, 2.45) is 5.92 Å². The molecule has 3 rings (SSSR count). The van der Waals surface area contributed by atoms with Crippen molar-refractivity contribution in [1.29, 1.82) is 0 Å². The van der Waals surface area contributed by atoms with Crippen molar-refractivity contribution >= 4 is 34.4 Å². The molecule has 0 saturated carbocycles. The molecule has 1 saturated heterocycles. The van der Waals surface area contributed by atoms with Gasteiger partial charge in [-0.05, 0) is 59.3 Å². The van der Waals surface area contributed by atoms with Gasteiger partial charge in [0.2, 0.25) is 5.91 Å². The zero-order valence-electron chi connectivity index (χ0n) is 16.9. The first-order chi connectivity index (χ1) is 14.8. The van der Waals surface area contributed by atoms with Crippen molar-refractivity contribution in [1.82, 2.24) is 9.80 Å². The van der Waals surface area contributed by atoms with Crippen LogP contribution in [0.3, 0.4) is 0 Å². The van der Waals surface area contributed by atoms with Crippen LogP contribution in [0.1, 0.15) is 28.4 Å². The molecule has 0 aromatic heterocycles. The minimum Gasteiger partial charge on any atom is -0.395 e. The van der Waals surface area contributed by atoms with Gasteiger partial charge in [0.1, 0.15) is 5.82 Å². The van der Waals surface area contributed by atoms with Gasteiger partial charge in [0.05, 0.1) is 12.5 Å². The Labute approximate surface area is 192 Å². The third kappa shape index (κ3) is 5.03. The van der Waals surface area contributed by atoms with Crippen LogP contribution in [0.25, 0.3) is 0 Å². The van der Waals surface area contributed by atoms with Gasteiger partial charge in [0.25, 0.3) is 5.91 Å². The molecule has 0 radical (unpaired) electrons. The molecule has 2 aromatic rings. The number of carbonyl (C=O) groups excluding carboxylic acids is 2. The summed E-state index contributed by atoms with van der Waals surface area (Å²) in [6.45, 7) is 2.61. The summed E-state index contributed by atoms with van der Waals surface area (Å²) in [5, 5.41) is 9.06. The van der Waals surface area contributed by atoms with Gasteiger partial charge in [-0.25, -0.2) is 13.2 Å². The van der Waals surface area contributed by atoms with Crippen LogP contribution in [0.5, 0.6) is 0 Å². The summed E-state index contributed by atoms with van der Waals surface area (Å²) < 4.78 is 43.4. The number of benzene rings is 2. The SMILES string of the molecule is CCN(CCO)C(=O)C1CN(C(=O)c2ccc(F)c(F)c2Cc2ccc(I)cc2F)C1. The summed E-state index contributed by atoms with van der Waals surface area (Å²) in [6, 6.07) is 6.48. The molecule has 0 spiro atoms. The van der Waals surface area contributed by atoms with Crippen molar-refractivity contribution < 1.29 is 27.9 Å². The van der Waals surface area contributed by atoms with Gasteiger partial charge in [-0.15, -0.1) is 0 Å². The van der Waals surface area contributed by atoms with Crippen LogP contribution >= 0.6 is 22.6 Å². The van der Waals surface area contributed by atoms with Crippen LogP contribution in [-0.4, -0.2) is 59.5 Å². The minimum absolute atomic E-state index is 0.0505. The molecule has 1 heterocycles. The lowest BCUT2D eigenvalue weighted by atomic mass is 9.93. The van der Waals surface area contributed by atoms with Crippen molar-refractivity contribution in [2.45, 2.75) is 13.3 Å². The molecule has 0 bridgehead atoms. The summed E-state index contributed by atoms with van der Waals surface area (Å²) in [6.07, 6.45) is -0.274.